The van der Waals surface area contributed by atoms with Crippen molar-refractivity contribution in [1.82, 2.24) is 0 Å². The Labute approximate surface area is 129 Å². The predicted molar refractivity (Wildman–Crippen MR) is 86.1 cm³/mol. The minimum absolute atomic E-state index is 0.0405. The van der Waals surface area contributed by atoms with Gasteiger partial charge in [-0.15, -0.1) is 0 Å². The fourth-order valence-electron chi connectivity index (χ4n) is 1.99. The SMILES string of the molecule is CCc1ccccc1OCC(=O)Nc1ccc(C)cc1Cl. The molecule has 4 heteroatoms. The smallest absolute Gasteiger partial charge is 0.262 e. The lowest BCUT2D eigenvalue weighted by Crippen LogP contribution is -2.20. The van der Waals surface area contributed by atoms with E-state index in [0.29, 0.717) is 10.7 Å². The van der Waals surface area contributed by atoms with Gasteiger partial charge in [0.25, 0.3) is 5.91 Å². The second-order valence-electron chi connectivity index (χ2n) is 4.78. The van der Waals surface area contributed by atoms with Crippen LogP contribution in [-0.2, 0) is 11.2 Å². The fourth-order valence-corrected chi connectivity index (χ4v) is 2.27. The third-order valence-corrected chi connectivity index (χ3v) is 3.42. The van der Waals surface area contributed by atoms with Crippen molar-refractivity contribution < 1.29 is 9.53 Å². The molecule has 3 nitrogen and oxygen atoms in total. The van der Waals surface area contributed by atoms with Crippen LogP contribution < -0.4 is 10.1 Å². The number of aryl methyl sites for hydroxylation is 2. The minimum atomic E-state index is -0.230. The van der Waals surface area contributed by atoms with Crippen molar-refractivity contribution >= 4 is 23.2 Å². The highest BCUT2D eigenvalue weighted by Gasteiger charge is 2.08. The van der Waals surface area contributed by atoms with Gasteiger partial charge in [0.2, 0.25) is 0 Å². The van der Waals surface area contributed by atoms with Crippen LogP contribution in [0, 0.1) is 6.92 Å². The molecule has 0 aromatic heterocycles. The first kappa shape index (κ1) is 15.4. The summed E-state index contributed by atoms with van der Waals surface area (Å²) in [4.78, 5) is 11.9. The highest BCUT2D eigenvalue weighted by molar-refractivity contribution is 6.33. The molecule has 0 heterocycles. The lowest BCUT2D eigenvalue weighted by atomic mass is 10.1. The van der Waals surface area contributed by atoms with Crippen LogP contribution in [0.3, 0.4) is 0 Å². The first-order chi connectivity index (χ1) is 10.1. The summed E-state index contributed by atoms with van der Waals surface area (Å²) in [5.41, 5.74) is 2.73. The highest BCUT2D eigenvalue weighted by atomic mass is 35.5. The summed E-state index contributed by atoms with van der Waals surface area (Å²) in [6.07, 6.45) is 0.863. The topological polar surface area (TPSA) is 38.3 Å². The Kier molecular flexibility index (Phi) is 5.23. The van der Waals surface area contributed by atoms with Gasteiger partial charge in [-0.1, -0.05) is 42.8 Å². The predicted octanol–water partition coefficient (Wildman–Crippen LogP) is 4.23. The van der Waals surface area contributed by atoms with Gasteiger partial charge in [0.15, 0.2) is 6.61 Å². The Bertz CT molecular complexity index is 640. The third-order valence-electron chi connectivity index (χ3n) is 3.11. The van der Waals surface area contributed by atoms with Crippen LogP contribution in [-0.4, -0.2) is 12.5 Å². The Morgan fingerprint density at radius 3 is 2.71 bits per heavy atom. The Hall–Kier alpha value is -2.00. The van der Waals surface area contributed by atoms with Crippen LogP contribution in [0.5, 0.6) is 5.75 Å². The zero-order chi connectivity index (χ0) is 15.2. The molecule has 0 aliphatic rings. The summed E-state index contributed by atoms with van der Waals surface area (Å²) >= 11 is 6.08. The number of benzene rings is 2. The lowest BCUT2D eigenvalue weighted by Gasteiger charge is -2.11. The van der Waals surface area contributed by atoms with Crippen molar-refractivity contribution in [1.29, 1.82) is 0 Å². The van der Waals surface area contributed by atoms with E-state index < -0.39 is 0 Å². The van der Waals surface area contributed by atoms with Gasteiger partial charge in [-0.2, -0.15) is 0 Å². The number of hydrogen-bond acceptors (Lipinski definition) is 2. The Morgan fingerprint density at radius 2 is 2.00 bits per heavy atom. The van der Waals surface area contributed by atoms with Gasteiger partial charge in [0.1, 0.15) is 5.75 Å². The van der Waals surface area contributed by atoms with E-state index in [1.54, 1.807) is 6.07 Å². The first-order valence-electron chi connectivity index (χ1n) is 6.87. The van der Waals surface area contributed by atoms with Crippen molar-refractivity contribution in [2.45, 2.75) is 20.3 Å². The molecule has 0 spiro atoms. The number of amides is 1. The van der Waals surface area contributed by atoms with E-state index in [1.807, 2.05) is 50.2 Å². The van der Waals surface area contributed by atoms with Gasteiger partial charge in [0.05, 0.1) is 10.7 Å². The van der Waals surface area contributed by atoms with Crippen LogP contribution in [0.25, 0.3) is 0 Å². The van der Waals surface area contributed by atoms with E-state index in [1.165, 1.54) is 0 Å². The number of para-hydroxylation sites is 1. The number of halogens is 1. The molecule has 1 N–H and O–H groups in total. The quantitative estimate of drug-likeness (QED) is 0.897. The van der Waals surface area contributed by atoms with E-state index in [4.69, 9.17) is 16.3 Å². The maximum absolute atomic E-state index is 11.9. The molecular formula is C17H18ClNO2. The second-order valence-corrected chi connectivity index (χ2v) is 5.19. The molecule has 0 bridgehead atoms. The maximum Gasteiger partial charge on any atom is 0.262 e. The molecule has 0 saturated heterocycles. The van der Waals surface area contributed by atoms with Crippen LogP contribution >= 0.6 is 11.6 Å². The minimum Gasteiger partial charge on any atom is -0.483 e. The fraction of sp³-hybridized carbons (Fsp3) is 0.235. The summed E-state index contributed by atoms with van der Waals surface area (Å²) < 4.78 is 5.57. The third kappa shape index (κ3) is 4.23. The van der Waals surface area contributed by atoms with Gasteiger partial charge in [-0.05, 0) is 42.7 Å². The Balaban J connectivity index is 1.96. The van der Waals surface area contributed by atoms with E-state index in [2.05, 4.69) is 5.32 Å². The maximum atomic E-state index is 11.9. The zero-order valence-electron chi connectivity index (χ0n) is 12.2. The molecular weight excluding hydrogens is 286 g/mol. The van der Waals surface area contributed by atoms with Gasteiger partial charge in [-0.25, -0.2) is 0 Å². The molecule has 0 aliphatic carbocycles. The van der Waals surface area contributed by atoms with E-state index in [-0.39, 0.29) is 12.5 Å². The number of rotatable bonds is 5. The molecule has 2 aromatic carbocycles. The Morgan fingerprint density at radius 1 is 1.24 bits per heavy atom. The molecule has 0 aliphatic heterocycles. The average molecular weight is 304 g/mol. The van der Waals surface area contributed by atoms with E-state index in [0.717, 1.165) is 23.3 Å². The first-order valence-corrected chi connectivity index (χ1v) is 7.24. The van der Waals surface area contributed by atoms with Crippen molar-refractivity contribution in [2.24, 2.45) is 0 Å². The molecule has 0 atom stereocenters. The van der Waals surface area contributed by atoms with Crippen molar-refractivity contribution in [3.63, 3.8) is 0 Å². The molecule has 2 rings (SSSR count). The standard InChI is InChI=1S/C17H18ClNO2/c1-3-13-6-4-5-7-16(13)21-11-17(20)19-15-9-8-12(2)10-14(15)18/h4-10H,3,11H2,1-2H3,(H,19,20). The monoisotopic (exact) mass is 303 g/mol. The molecule has 0 saturated carbocycles. The van der Waals surface area contributed by atoms with E-state index >= 15 is 0 Å². The van der Waals surface area contributed by atoms with Gasteiger partial charge in [0, 0.05) is 0 Å². The van der Waals surface area contributed by atoms with Gasteiger partial charge in [-0.3, -0.25) is 4.79 Å². The molecule has 0 unspecified atom stereocenters. The summed E-state index contributed by atoms with van der Waals surface area (Å²) in [5, 5.41) is 3.27. The summed E-state index contributed by atoms with van der Waals surface area (Å²) in [7, 11) is 0. The van der Waals surface area contributed by atoms with Crippen LogP contribution in [0.4, 0.5) is 5.69 Å². The molecule has 110 valence electrons. The largest absolute Gasteiger partial charge is 0.483 e. The average Bonchev–Trinajstić information content (AvgIpc) is 2.48. The number of nitrogens with one attached hydrogen (secondary N) is 1. The van der Waals surface area contributed by atoms with Crippen LogP contribution in [0.2, 0.25) is 5.02 Å². The van der Waals surface area contributed by atoms with E-state index in [9.17, 15) is 4.79 Å². The lowest BCUT2D eigenvalue weighted by molar-refractivity contribution is -0.118. The molecule has 1 amide bonds. The number of ether oxygens (including phenoxy) is 1. The summed E-state index contributed by atoms with van der Waals surface area (Å²) in [5.74, 6) is 0.511. The second kappa shape index (κ2) is 7.14. The van der Waals surface area contributed by atoms with Crippen LogP contribution in [0.1, 0.15) is 18.1 Å². The van der Waals surface area contributed by atoms with Crippen molar-refractivity contribution in [2.75, 3.05) is 11.9 Å². The number of hydrogen-bond donors (Lipinski definition) is 1. The number of carbonyl (C=O) groups is 1. The molecule has 0 fully saturated rings. The highest BCUT2D eigenvalue weighted by Crippen LogP contribution is 2.23. The summed E-state index contributed by atoms with van der Waals surface area (Å²) in [6, 6.07) is 13.2. The van der Waals surface area contributed by atoms with Crippen molar-refractivity contribution in [3.8, 4) is 5.75 Å². The zero-order valence-corrected chi connectivity index (χ0v) is 12.9. The molecule has 21 heavy (non-hydrogen) atoms. The number of anilines is 1. The molecule has 2 aromatic rings. The normalized spacial score (nSPS) is 10.2. The van der Waals surface area contributed by atoms with Crippen molar-refractivity contribution in [3.05, 3.63) is 58.6 Å². The molecule has 0 radical (unpaired) electrons. The van der Waals surface area contributed by atoms with Gasteiger partial charge < -0.3 is 10.1 Å². The number of carbonyl (C=O) groups excluding carboxylic acids is 1. The summed E-state index contributed by atoms with van der Waals surface area (Å²) in [6.45, 7) is 3.96. The van der Waals surface area contributed by atoms with Crippen LogP contribution in [0.15, 0.2) is 42.5 Å². The van der Waals surface area contributed by atoms with Gasteiger partial charge >= 0.3 is 0 Å².